The molecule has 1 atom stereocenters. The number of carbonyl (C=O) groups is 1. The minimum absolute atomic E-state index is 0.0160. The van der Waals surface area contributed by atoms with Crippen molar-refractivity contribution >= 4 is 21.7 Å². The molecule has 0 aliphatic carbocycles. The summed E-state index contributed by atoms with van der Waals surface area (Å²) < 4.78 is 13.9. The van der Waals surface area contributed by atoms with E-state index < -0.39 is 0 Å². The van der Waals surface area contributed by atoms with Gasteiger partial charge < -0.3 is 0 Å². The number of fused-ring (bicyclic) bond motifs is 3. The molecule has 1 aromatic rings. The zero-order chi connectivity index (χ0) is 13.4. The van der Waals surface area contributed by atoms with Crippen molar-refractivity contribution in [2.75, 3.05) is 32.7 Å². The highest BCUT2D eigenvalue weighted by atomic mass is 79.9. The van der Waals surface area contributed by atoms with Gasteiger partial charge in [-0.2, -0.15) is 0 Å². The van der Waals surface area contributed by atoms with Crippen molar-refractivity contribution in [1.82, 2.24) is 9.80 Å². The Balaban J connectivity index is 1.73. The van der Waals surface area contributed by atoms with Gasteiger partial charge in [0.1, 0.15) is 5.82 Å². The second-order valence-electron chi connectivity index (χ2n) is 5.21. The van der Waals surface area contributed by atoms with Gasteiger partial charge in [-0.05, 0) is 27.6 Å². The summed E-state index contributed by atoms with van der Waals surface area (Å²) in [7, 11) is 0. The van der Waals surface area contributed by atoms with Crippen LogP contribution in [0.15, 0.2) is 22.7 Å². The number of hydrogen-bond acceptors (Lipinski definition) is 3. The zero-order valence-electron chi connectivity index (χ0n) is 10.6. The number of ketones is 1. The molecule has 19 heavy (non-hydrogen) atoms. The number of halogens is 2. The standard InChI is InChI=1S/C14H16BrFN2O/c15-14-10(2-1-3-11(14)16)8-13(19)12-9-17-4-6-18(12)7-5-17/h1-3,12H,4-9H2. The molecular weight excluding hydrogens is 311 g/mol. The van der Waals surface area contributed by atoms with Crippen LogP contribution in [-0.2, 0) is 11.2 Å². The third-order valence-electron chi connectivity index (χ3n) is 4.05. The van der Waals surface area contributed by atoms with Crippen LogP contribution in [0.25, 0.3) is 0 Å². The van der Waals surface area contributed by atoms with E-state index in [1.807, 2.05) is 6.07 Å². The van der Waals surface area contributed by atoms with Gasteiger partial charge in [-0.15, -0.1) is 0 Å². The first-order chi connectivity index (χ1) is 9.15. The van der Waals surface area contributed by atoms with Crippen LogP contribution >= 0.6 is 15.9 Å². The molecule has 0 spiro atoms. The fourth-order valence-corrected chi connectivity index (χ4v) is 3.32. The van der Waals surface area contributed by atoms with E-state index in [2.05, 4.69) is 25.7 Å². The van der Waals surface area contributed by atoms with E-state index in [0.29, 0.717) is 10.9 Å². The maximum atomic E-state index is 13.4. The molecule has 3 saturated heterocycles. The summed E-state index contributed by atoms with van der Waals surface area (Å²) in [6.45, 7) is 4.90. The van der Waals surface area contributed by atoms with Crippen molar-refractivity contribution in [3.05, 3.63) is 34.1 Å². The van der Waals surface area contributed by atoms with Gasteiger partial charge in [0.05, 0.1) is 10.5 Å². The summed E-state index contributed by atoms with van der Waals surface area (Å²) in [5.74, 6) is -0.116. The summed E-state index contributed by atoms with van der Waals surface area (Å²) >= 11 is 3.22. The fourth-order valence-electron chi connectivity index (χ4n) is 2.91. The normalized spacial score (nSPS) is 29.5. The zero-order valence-corrected chi connectivity index (χ0v) is 12.2. The maximum Gasteiger partial charge on any atom is 0.155 e. The number of piperazine rings is 3. The third-order valence-corrected chi connectivity index (χ3v) is 4.93. The van der Waals surface area contributed by atoms with Gasteiger partial charge in [0, 0.05) is 39.1 Å². The largest absolute Gasteiger partial charge is 0.299 e. The molecule has 1 aromatic carbocycles. The molecule has 2 bridgehead atoms. The van der Waals surface area contributed by atoms with Gasteiger partial charge in [0.25, 0.3) is 0 Å². The highest BCUT2D eigenvalue weighted by molar-refractivity contribution is 9.10. The number of Topliss-reactive ketones (excluding diaryl/α,β-unsaturated/α-hetero) is 1. The van der Waals surface area contributed by atoms with Crippen molar-refractivity contribution in [1.29, 1.82) is 0 Å². The average molecular weight is 327 g/mol. The Morgan fingerprint density at radius 1 is 1.32 bits per heavy atom. The predicted molar refractivity (Wildman–Crippen MR) is 74.6 cm³/mol. The van der Waals surface area contributed by atoms with Crippen LogP contribution in [-0.4, -0.2) is 54.3 Å². The predicted octanol–water partition coefficient (Wildman–Crippen LogP) is 1.70. The summed E-state index contributed by atoms with van der Waals surface area (Å²) in [6.07, 6.45) is 0.299. The lowest BCUT2D eigenvalue weighted by Gasteiger charge is -2.46. The van der Waals surface area contributed by atoms with Crippen LogP contribution < -0.4 is 0 Å². The van der Waals surface area contributed by atoms with E-state index in [9.17, 15) is 9.18 Å². The molecule has 3 nitrogen and oxygen atoms in total. The van der Waals surface area contributed by atoms with Gasteiger partial charge in [-0.3, -0.25) is 14.6 Å². The molecule has 0 saturated carbocycles. The van der Waals surface area contributed by atoms with Crippen molar-refractivity contribution < 1.29 is 9.18 Å². The van der Waals surface area contributed by atoms with Gasteiger partial charge >= 0.3 is 0 Å². The van der Waals surface area contributed by atoms with E-state index in [1.54, 1.807) is 6.07 Å². The van der Waals surface area contributed by atoms with Crippen LogP contribution in [0, 0.1) is 5.82 Å². The lowest BCUT2D eigenvalue weighted by Crippen LogP contribution is -2.63. The molecule has 1 unspecified atom stereocenters. The third kappa shape index (κ3) is 2.59. The van der Waals surface area contributed by atoms with Crippen molar-refractivity contribution in [3.8, 4) is 0 Å². The molecule has 102 valence electrons. The monoisotopic (exact) mass is 326 g/mol. The van der Waals surface area contributed by atoms with E-state index in [-0.39, 0.29) is 17.6 Å². The number of nitrogens with zero attached hydrogens (tertiary/aromatic N) is 2. The number of carbonyl (C=O) groups excluding carboxylic acids is 1. The van der Waals surface area contributed by atoms with Gasteiger partial charge in [0.15, 0.2) is 5.78 Å². The summed E-state index contributed by atoms with van der Waals surface area (Å²) in [4.78, 5) is 17.0. The summed E-state index contributed by atoms with van der Waals surface area (Å²) in [5, 5.41) is 0. The molecule has 0 amide bonds. The Kier molecular flexibility index (Phi) is 3.69. The molecule has 5 heteroatoms. The first kappa shape index (κ1) is 13.2. The SMILES string of the molecule is O=C(Cc1cccc(F)c1Br)C1CN2CCN1CC2. The molecule has 0 aromatic heterocycles. The van der Waals surface area contributed by atoms with E-state index in [0.717, 1.165) is 38.3 Å². The van der Waals surface area contributed by atoms with Crippen LogP contribution in [0.2, 0.25) is 0 Å². The highest BCUT2D eigenvalue weighted by Gasteiger charge is 2.35. The Labute approximate surface area is 120 Å². The van der Waals surface area contributed by atoms with Gasteiger partial charge in [-0.1, -0.05) is 12.1 Å². The lowest BCUT2D eigenvalue weighted by molar-refractivity contribution is -0.128. The number of hydrogen-bond donors (Lipinski definition) is 0. The Morgan fingerprint density at radius 2 is 2.05 bits per heavy atom. The molecule has 4 rings (SSSR count). The molecule has 0 N–H and O–H groups in total. The first-order valence-corrected chi connectivity index (χ1v) is 7.36. The minimum Gasteiger partial charge on any atom is -0.299 e. The molecule has 0 radical (unpaired) electrons. The maximum absolute atomic E-state index is 13.4. The molecule has 3 aliphatic heterocycles. The fraction of sp³-hybridized carbons (Fsp3) is 0.500. The Morgan fingerprint density at radius 3 is 2.68 bits per heavy atom. The summed E-state index contributed by atoms with van der Waals surface area (Å²) in [5.41, 5.74) is 0.739. The summed E-state index contributed by atoms with van der Waals surface area (Å²) in [6, 6.07) is 4.84. The van der Waals surface area contributed by atoms with Crippen LogP contribution in [0.3, 0.4) is 0 Å². The number of benzene rings is 1. The van der Waals surface area contributed by atoms with Crippen LogP contribution in [0.1, 0.15) is 5.56 Å². The van der Waals surface area contributed by atoms with Crippen LogP contribution in [0.4, 0.5) is 4.39 Å². The van der Waals surface area contributed by atoms with Crippen LogP contribution in [0.5, 0.6) is 0 Å². The number of rotatable bonds is 3. The van der Waals surface area contributed by atoms with E-state index >= 15 is 0 Å². The average Bonchev–Trinajstić information content (AvgIpc) is 2.45. The topological polar surface area (TPSA) is 23.6 Å². The van der Waals surface area contributed by atoms with Gasteiger partial charge in [-0.25, -0.2) is 4.39 Å². The molecule has 3 fully saturated rings. The van der Waals surface area contributed by atoms with Crippen molar-refractivity contribution in [3.63, 3.8) is 0 Å². The van der Waals surface area contributed by atoms with Crippen molar-refractivity contribution in [2.24, 2.45) is 0 Å². The minimum atomic E-state index is -0.306. The highest BCUT2D eigenvalue weighted by Crippen LogP contribution is 2.23. The second kappa shape index (κ2) is 5.31. The first-order valence-electron chi connectivity index (χ1n) is 6.57. The smallest absolute Gasteiger partial charge is 0.155 e. The Hall–Kier alpha value is -0.780. The molecule has 3 aliphatic rings. The van der Waals surface area contributed by atoms with Gasteiger partial charge in [0.2, 0.25) is 0 Å². The molecule has 3 heterocycles. The van der Waals surface area contributed by atoms with E-state index in [1.165, 1.54) is 6.07 Å². The lowest BCUT2D eigenvalue weighted by atomic mass is 9.98. The van der Waals surface area contributed by atoms with E-state index in [4.69, 9.17) is 0 Å². The molecular formula is C14H16BrFN2O. The van der Waals surface area contributed by atoms with Crippen molar-refractivity contribution in [2.45, 2.75) is 12.5 Å². The Bertz CT molecular complexity index is 500. The second-order valence-corrected chi connectivity index (χ2v) is 6.00. The quantitative estimate of drug-likeness (QED) is 0.844.